The summed E-state index contributed by atoms with van der Waals surface area (Å²) in [6.07, 6.45) is 3.27. The van der Waals surface area contributed by atoms with Gasteiger partial charge in [-0.3, -0.25) is 14.4 Å². The second-order valence-corrected chi connectivity index (χ2v) is 5.14. The zero-order chi connectivity index (χ0) is 13.3. The molecule has 2 fully saturated rings. The van der Waals surface area contributed by atoms with Crippen LogP contribution >= 0.6 is 0 Å². The van der Waals surface area contributed by atoms with Crippen molar-refractivity contribution in [3.63, 3.8) is 0 Å². The largest absolute Gasteiger partial charge is 0.481 e. The van der Waals surface area contributed by atoms with E-state index in [1.165, 1.54) is 0 Å². The highest BCUT2D eigenvalue weighted by Gasteiger charge is 2.50. The summed E-state index contributed by atoms with van der Waals surface area (Å²) in [5, 5.41) is 8.84. The van der Waals surface area contributed by atoms with Crippen molar-refractivity contribution in [2.24, 2.45) is 17.6 Å². The first kappa shape index (κ1) is 12.9. The molecule has 3 N–H and O–H groups in total. The van der Waals surface area contributed by atoms with E-state index in [-0.39, 0.29) is 18.4 Å². The number of primary amides is 1. The zero-order valence-electron chi connectivity index (χ0n) is 10.2. The Labute approximate surface area is 105 Å². The van der Waals surface area contributed by atoms with Gasteiger partial charge < -0.3 is 15.7 Å². The average molecular weight is 254 g/mol. The first-order valence-corrected chi connectivity index (χ1v) is 6.32. The summed E-state index contributed by atoms with van der Waals surface area (Å²) < 4.78 is 0. The zero-order valence-corrected chi connectivity index (χ0v) is 10.2. The van der Waals surface area contributed by atoms with Gasteiger partial charge in [0.1, 0.15) is 0 Å². The van der Waals surface area contributed by atoms with Gasteiger partial charge in [0.25, 0.3) is 0 Å². The van der Waals surface area contributed by atoms with Gasteiger partial charge in [-0.1, -0.05) is 0 Å². The molecule has 2 rings (SSSR count). The number of rotatable bonds is 4. The molecule has 1 aliphatic carbocycles. The summed E-state index contributed by atoms with van der Waals surface area (Å²) in [6, 6.07) is -0.140. The van der Waals surface area contributed by atoms with Crippen molar-refractivity contribution < 1.29 is 19.5 Å². The van der Waals surface area contributed by atoms with Crippen molar-refractivity contribution in [2.45, 2.75) is 38.1 Å². The van der Waals surface area contributed by atoms with E-state index in [1.807, 2.05) is 0 Å². The molecule has 6 nitrogen and oxygen atoms in total. The van der Waals surface area contributed by atoms with Gasteiger partial charge in [-0.2, -0.15) is 0 Å². The molecular weight excluding hydrogens is 236 g/mol. The van der Waals surface area contributed by atoms with Gasteiger partial charge in [0.15, 0.2) is 0 Å². The van der Waals surface area contributed by atoms with Crippen molar-refractivity contribution in [3.05, 3.63) is 0 Å². The predicted molar refractivity (Wildman–Crippen MR) is 62.4 cm³/mol. The van der Waals surface area contributed by atoms with Gasteiger partial charge in [0, 0.05) is 19.0 Å². The average Bonchev–Trinajstić information content (AvgIpc) is 3.08. The lowest BCUT2D eigenvalue weighted by Gasteiger charge is -2.35. The Morgan fingerprint density at radius 2 is 1.94 bits per heavy atom. The topological polar surface area (TPSA) is 101 Å². The molecule has 18 heavy (non-hydrogen) atoms. The number of hydrogen-bond acceptors (Lipinski definition) is 3. The molecular formula is C12H18N2O4. The first-order valence-electron chi connectivity index (χ1n) is 6.32. The monoisotopic (exact) mass is 254 g/mol. The molecule has 1 heterocycles. The predicted octanol–water partition coefficient (Wildman–Crippen LogP) is -0.0364. The van der Waals surface area contributed by atoms with E-state index in [1.54, 1.807) is 4.90 Å². The number of likely N-dealkylation sites (tertiary alicyclic amines) is 1. The number of aliphatic carboxylic acids is 1. The van der Waals surface area contributed by atoms with Crippen molar-refractivity contribution in [3.8, 4) is 0 Å². The molecule has 0 aromatic heterocycles. The molecule has 0 bridgehead atoms. The summed E-state index contributed by atoms with van der Waals surface area (Å²) in [4.78, 5) is 35.6. The Hall–Kier alpha value is -1.59. The molecule has 100 valence electrons. The van der Waals surface area contributed by atoms with Crippen molar-refractivity contribution in [2.75, 3.05) is 6.54 Å². The normalized spacial score (nSPS) is 30.9. The molecule has 3 unspecified atom stereocenters. The van der Waals surface area contributed by atoms with Gasteiger partial charge in [-0.15, -0.1) is 0 Å². The second kappa shape index (κ2) is 4.96. The van der Waals surface area contributed by atoms with E-state index in [9.17, 15) is 14.4 Å². The Balaban J connectivity index is 1.98. The number of carboxylic acids is 1. The third-order valence-corrected chi connectivity index (χ3v) is 3.77. The van der Waals surface area contributed by atoms with Crippen LogP contribution in [0, 0.1) is 11.8 Å². The van der Waals surface area contributed by atoms with Crippen LogP contribution in [-0.4, -0.2) is 40.4 Å². The van der Waals surface area contributed by atoms with Crippen molar-refractivity contribution >= 4 is 17.8 Å². The molecule has 6 heteroatoms. The number of amides is 2. The van der Waals surface area contributed by atoms with Crippen LogP contribution in [0.3, 0.4) is 0 Å². The lowest BCUT2D eigenvalue weighted by Crippen LogP contribution is -2.46. The summed E-state index contributed by atoms with van der Waals surface area (Å²) >= 11 is 0. The van der Waals surface area contributed by atoms with Crippen LogP contribution in [0.1, 0.15) is 32.1 Å². The van der Waals surface area contributed by atoms with Gasteiger partial charge in [0.05, 0.1) is 11.8 Å². The van der Waals surface area contributed by atoms with Crippen molar-refractivity contribution in [1.82, 2.24) is 4.90 Å². The van der Waals surface area contributed by atoms with Crippen molar-refractivity contribution in [1.29, 1.82) is 0 Å². The van der Waals surface area contributed by atoms with Crippen LogP contribution in [0.5, 0.6) is 0 Å². The summed E-state index contributed by atoms with van der Waals surface area (Å²) in [5.41, 5.74) is 5.18. The van der Waals surface area contributed by atoms with Crippen LogP contribution in [0.25, 0.3) is 0 Å². The lowest BCUT2D eigenvalue weighted by molar-refractivity contribution is -0.143. The maximum absolute atomic E-state index is 12.2. The minimum atomic E-state index is -0.906. The Morgan fingerprint density at radius 1 is 1.22 bits per heavy atom. The molecule has 2 amide bonds. The molecule has 2 aliphatic rings. The molecule has 1 aliphatic heterocycles. The standard InChI is InChI=1S/C12H18N2O4/c13-10(15)5-7-3-1-2-4-14(7)11(16)8-6-9(8)12(17)18/h7-9H,1-6H2,(H2,13,15)(H,17,18). The fraction of sp³-hybridized carbons (Fsp3) is 0.750. The Kier molecular flexibility index (Phi) is 3.54. The molecule has 1 saturated heterocycles. The van der Waals surface area contributed by atoms with Crippen LogP contribution in [0.4, 0.5) is 0 Å². The molecule has 0 radical (unpaired) electrons. The lowest BCUT2D eigenvalue weighted by atomic mass is 9.98. The summed E-state index contributed by atoms with van der Waals surface area (Å²) in [5.74, 6) is -2.36. The van der Waals surface area contributed by atoms with Gasteiger partial charge in [-0.05, 0) is 25.7 Å². The van der Waals surface area contributed by atoms with Crippen LogP contribution in [0.15, 0.2) is 0 Å². The molecule has 0 spiro atoms. The highest BCUT2D eigenvalue weighted by Crippen LogP contribution is 2.41. The summed E-state index contributed by atoms with van der Waals surface area (Å²) in [6.45, 7) is 0.611. The molecule has 0 aromatic rings. The maximum atomic E-state index is 12.2. The molecule has 3 atom stereocenters. The Bertz CT molecular complexity index is 382. The number of carboxylic acid groups (broad SMARTS) is 1. The van der Waals surface area contributed by atoms with E-state index in [0.29, 0.717) is 13.0 Å². The molecule has 1 saturated carbocycles. The van der Waals surface area contributed by atoms with Gasteiger partial charge in [-0.25, -0.2) is 0 Å². The van der Waals surface area contributed by atoms with E-state index < -0.39 is 23.7 Å². The third kappa shape index (κ3) is 2.63. The number of piperidine rings is 1. The highest BCUT2D eigenvalue weighted by atomic mass is 16.4. The highest BCUT2D eigenvalue weighted by molar-refractivity contribution is 5.90. The quantitative estimate of drug-likeness (QED) is 0.735. The van der Waals surface area contributed by atoms with E-state index in [2.05, 4.69) is 0 Å². The van der Waals surface area contributed by atoms with Gasteiger partial charge in [0.2, 0.25) is 11.8 Å². The number of nitrogens with two attached hydrogens (primary N) is 1. The first-order chi connectivity index (χ1) is 8.50. The van der Waals surface area contributed by atoms with E-state index in [4.69, 9.17) is 10.8 Å². The number of carbonyl (C=O) groups excluding carboxylic acids is 2. The SMILES string of the molecule is NC(=O)CC1CCCCN1C(=O)C1CC1C(=O)O. The van der Waals surface area contributed by atoms with Crippen LogP contribution in [-0.2, 0) is 14.4 Å². The Morgan fingerprint density at radius 3 is 2.50 bits per heavy atom. The number of nitrogens with zero attached hydrogens (tertiary/aromatic N) is 1. The molecule has 0 aromatic carbocycles. The van der Waals surface area contributed by atoms with Gasteiger partial charge >= 0.3 is 5.97 Å². The fourth-order valence-electron chi connectivity index (χ4n) is 2.69. The fourth-order valence-corrected chi connectivity index (χ4v) is 2.69. The van der Waals surface area contributed by atoms with E-state index in [0.717, 1.165) is 19.3 Å². The third-order valence-electron chi connectivity index (χ3n) is 3.77. The van der Waals surface area contributed by atoms with E-state index >= 15 is 0 Å². The minimum absolute atomic E-state index is 0.117. The minimum Gasteiger partial charge on any atom is -0.481 e. The smallest absolute Gasteiger partial charge is 0.307 e. The van der Waals surface area contributed by atoms with Crippen LogP contribution < -0.4 is 5.73 Å². The summed E-state index contributed by atoms with van der Waals surface area (Å²) in [7, 11) is 0. The maximum Gasteiger partial charge on any atom is 0.307 e. The van der Waals surface area contributed by atoms with Crippen LogP contribution in [0.2, 0.25) is 0 Å². The number of carbonyl (C=O) groups is 3. The second-order valence-electron chi connectivity index (χ2n) is 5.14. The number of hydrogen-bond donors (Lipinski definition) is 2.